The van der Waals surface area contributed by atoms with Crippen LogP contribution in [0.15, 0.2) is 24.3 Å². The Hall–Kier alpha value is -1.06. The van der Waals surface area contributed by atoms with E-state index in [2.05, 4.69) is 62.2 Å². The van der Waals surface area contributed by atoms with Gasteiger partial charge >= 0.3 is 0 Å². The van der Waals surface area contributed by atoms with Gasteiger partial charge in [-0.05, 0) is 30.0 Å². The second-order valence-corrected chi connectivity index (χ2v) is 6.73. The van der Waals surface area contributed by atoms with Crippen molar-refractivity contribution in [3.05, 3.63) is 29.8 Å². The van der Waals surface area contributed by atoms with Gasteiger partial charge in [0, 0.05) is 31.4 Å². The zero-order valence-electron chi connectivity index (χ0n) is 13.3. The summed E-state index contributed by atoms with van der Waals surface area (Å²) < 4.78 is 5.39. The van der Waals surface area contributed by atoms with Gasteiger partial charge in [-0.1, -0.05) is 32.9 Å². The number of ether oxygens (including phenoxy) is 1. The van der Waals surface area contributed by atoms with E-state index in [1.54, 1.807) is 0 Å². The molecule has 0 spiro atoms. The molecule has 1 atom stereocenters. The maximum Gasteiger partial charge on any atom is 0.0642 e. The number of nitrogens with zero attached hydrogens (tertiary/aromatic N) is 1. The number of benzene rings is 1. The van der Waals surface area contributed by atoms with Crippen molar-refractivity contribution in [1.29, 1.82) is 0 Å². The molecule has 0 bridgehead atoms. The second kappa shape index (κ2) is 6.59. The minimum Gasteiger partial charge on any atom is -0.378 e. The second-order valence-electron chi connectivity index (χ2n) is 6.73. The van der Waals surface area contributed by atoms with Crippen LogP contribution < -0.4 is 10.2 Å². The predicted octanol–water partition coefficient (Wildman–Crippen LogP) is 3.05. The van der Waals surface area contributed by atoms with E-state index < -0.39 is 0 Å². The Labute approximate surface area is 123 Å². The maximum absolute atomic E-state index is 5.39. The third-order valence-corrected chi connectivity index (χ3v) is 4.22. The molecule has 0 saturated carbocycles. The first-order chi connectivity index (χ1) is 9.47. The molecule has 0 aliphatic carbocycles. The van der Waals surface area contributed by atoms with Crippen molar-refractivity contribution < 1.29 is 4.74 Å². The summed E-state index contributed by atoms with van der Waals surface area (Å²) in [6, 6.07) is 9.41. The number of rotatable bonds is 4. The van der Waals surface area contributed by atoms with Gasteiger partial charge in [-0.25, -0.2) is 0 Å². The van der Waals surface area contributed by atoms with E-state index in [1.165, 1.54) is 11.3 Å². The Morgan fingerprint density at radius 1 is 1.15 bits per heavy atom. The molecule has 20 heavy (non-hydrogen) atoms. The summed E-state index contributed by atoms with van der Waals surface area (Å²) in [7, 11) is 0. The molecule has 2 rings (SSSR count). The van der Waals surface area contributed by atoms with Gasteiger partial charge in [-0.2, -0.15) is 0 Å². The van der Waals surface area contributed by atoms with Crippen molar-refractivity contribution in [2.24, 2.45) is 5.41 Å². The lowest BCUT2D eigenvalue weighted by molar-refractivity contribution is 0.122. The zero-order chi connectivity index (χ0) is 14.6. The summed E-state index contributed by atoms with van der Waals surface area (Å²) in [5.74, 6) is 0. The highest BCUT2D eigenvalue weighted by molar-refractivity contribution is 5.47. The van der Waals surface area contributed by atoms with Crippen LogP contribution in [0.25, 0.3) is 0 Å². The molecule has 0 amide bonds. The molecule has 0 aromatic heterocycles. The molecule has 1 aliphatic heterocycles. The number of hydrogen-bond acceptors (Lipinski definition) is 3. The zero-order valence-corrected chi connectivity index (χ0v) is 13.3. The lowest BCUT2D eigenvalue weighted by atomic mass is 9.88. The molecule has 1 N–H and O–H groups in total. The monoisotopic (exact) mass is 276 g/mol. The van der Waals surface area contributed by atoms with Gasteiger partial charge in [0.05, 0.1) is 13.2 Å². The molecule has 1 saturated heterocycles. The molecule has 1 fully saturated rings. The Kier molecular flexibility index (Phi) is 5.06. The van der Waals surface area contributed by atoms with E-state index >= 15 is 0 Å². The minimum atomic E-state index is 0.299. The Balaban J connectivity index is 1.88. The van der Waals surface area contributed by atoms with Crippen LogP contribution in [0.2, 0.25) is 0 Å². The van der Waals surface area contributed by atoms with Gasteiger partial charge in [-0.15, -0.1) is 0 Å². The van der Waals surface area contributed by atoms with Crippen molar-refractivity contribution in [3.63, 3.8) is 0 Å². The van der Waals surface area contributed by atoms with Crippen LogP contribution in [-0.4, -0.2) is 32.3 Å². The van der Waals surface area contributed by atoms with E-state index in [4.69, 9.17) is 4.74 Å². The van der Waals surface area contributed by atoms with E-state index in [-0.39, 0.29) is 0 Å². The molecular weight excluding hydrogens is 248 g/mol. The van der Waals surface area contributed by atoms with Crippen LogP contribution in [0.3, 0.4) is 0 Å². The fourth-order valence-corrected chi connectivity index (χ4v) is 2.22. The van der Waals surface area contributed by atoms with Gasteiger partial charge < -0.3 is 15.0 Å². The topological polar surface area (TPSA) is 24.5 Å². The number of hydrogen-bond donors (Lipinski definition) is 1. The molecule has 0 radical (unpaired) electrons. The van der Waals surface area contributed by atoms with Crippen LogP contribution in [-0.2, 0) is 11.3 Å². The summed E-state index contributed by atoms with van der Waals surface area (Å²) >= 11 is 0. The average molecular weight is 276 g/mol. The van der Waals surface area contributed by atoms with Crippen LogP contribution in [0.4, 0.5) is 5.69 Å². The SMILES string of the molecule is CC(NCc1ccc(N2CCOCC2)cc1)C(C)(C)C. The van der Waals surface area contributed by atoms with E-state index in [0.29, 0.717) is 11.5 Å². The maximum atomic E-state index is 5.39. The fourth-order valence-electron chi connectivity index (χ4n) is 2.22. The summed E-state index contributed by atoms with van der Waals surface area (Å²) in [6.45, 7) is 13.7. The molecule has 112 valence electrons. The fraction of sp³-hybridized carbons (Fsp3) is 0.647. The summed E-state index contributed by atoms with van der Waals surface area (Å²) in [5.41, 5.74) is 2.95. The Bertz CT molecular complexity index is 402. The molecule has 1 aromatic rings. The summed E-state index contributed by atoms with van der Waals surface area (Å²) in [4.78, 5) is 2.39. The van der Waals surface area contributed by atoms with Gasteiger partial charge in [0.15, 0.2) is 0 Å². The standard InChI is InChI=1S/C17H28N2O/c1-14(17(2,3)4)18-13-15-5-7-16(8-6-15)19-9-11-20-12-10-19/h5-8,14,18H,9-13H2,1-4H3. The highest BCUT2D eigenvalue weighted by Crippen LogP contribution is 2.20. The normalized spacial score (nSPS) is 18.1. The van der Waals surface area contributed by atoms with E-state index in [1.807, 2.05) is 0 Å². The van der Waals surface area contributed by atoms with Crippen molar-refractivity contribution in [2.75, 3.05) is 31.2 Å². The molecular formula is C17H28N2O. The first-order valence-corrected chi connectivity index (χ1v) is 7.62. The van der Waals surface area contributed by atoms with Gasteiger partial charge in [0.1, 0.15) is 0 Å². The number of nitrogens with one attached hydrogen (secondary N) is 1. The molecule has 1 heterocycles. The highest BCUT2D eigenvalue weighted by Gasteiger charge is 2.19. The van der Waals surface area contributed by atoms with Gasteiger partial charge in [-0.3, -0.25) is 0 Å². The number of morpholine rings is 1. The molecule has 3 nitrogen and oxygen atoms in total. The minimum absolute atomic E-state index is 0.299. The smallest absolute Gasteiger partial charge is 0.0642 e. The van der Waals surface area contributed by atoms with Crippen molar-refractivity contribution in [2.45, 2.75) is 40.3 Å². The Morgan fingerprint density at radius 3 is 2.30 bits per heavy atom. The van der Waals surface area contributed by atoms with E-state index in [9.17, 15) is 0 Å². The van der Waals surface area contributed by atoms with Crippen molar-refractivity contribution >= 4 is 5.69 Å². The molecule has 1 unspecified atom stereocenters. The van der Waals surface area contributed by atoms with Crippen LogP contribution in [0.5, 0.6) is 0 Å². The third kappa shape index (κ3) is 4.22. The summed E-state index contributed by atoms with van der Waals surface area (Å²) in [5, 5.41) is 3.60. The quantitative estimate of drug-likeness (QED) is 0.915. The molecule has 1 aromatic carbocycles. The van der Waals surface area contributed by atoms with Gasteiger partial charge in [0.2, 0.25) is 0 Å². The Morgan fingerprint density at radius 2 is 1.75 bits per heavy atom. The first-order valence-electron chi connectivity index (χ1n) is 7.62. The largest absolute Gasteiger partial charge is 0.378 e. The molecule has 3 heteroatoms. The molecule has 1 aliphatic rings. The van der Waals surface area contributed by atoms with Crippen LogP contribution in [0.1, 0.15) is 33.3 Å². The van der Waals surface area contributed by atoms with Crippen LogP contribution in [0, 0.1) is 5.41 Å². The summed E-state index contributed by atoms with van der Waals surface area (Å²) in [6.07, 6.45) is 0. The van der Waals surface area contributed by atoms with Crippen molar-refractivity contribution in [1.82, 2.24) is 5.32 Å². The first kappa shape index (κ1) is 15.3. The van der Waals surface area contributed by atoms with E-state index in [0.717, 1.165) is 32.8 Å². The van der Waals surface area contributed by atoms with Crippen LogP contribution >= 0.6 is 0 Å². The van der Waals surface area contributed by atoms with Crippen molar-refractivity contribution in [3.8, 4) is 0 Å². The lowest BCUT2D eigenvalue weighted by Gasteiger charge is -2.29. The lowest BCUT2D eigenvalue weighted by Crippen LogP contribution is -2.37. The number of anilines is 1. The third-order valence-electron chi connectivity index (χ3n) is 4.22. The highest BCUT2D eigenvalue weighted by atomic mass is 16.5. The predicted molar refractivity (Wildman–Crippen MR) is 85.2 cm³/mol. The average Bonchev–Trinajstić information content (AvgIpc) is 2.45. The van der Waals surface area contributed by atoms with Gasteiger partial charge in [0.25, 0.3) is 0 Å².